The summed E-state index contributed by atoms with van der Waals surface area (Å²) in [6, 6.07) is 12.5. The highest BCUT2D eigenvalue weighted by Crippen LogP contribution is 2.49. The molecule has 1 aliphatic carbocycles. The van der Waals surface area contributed by atoms with Gasteiger partial charge in [0, 0.05) is 5.56 Å². The number of rotatable bonds is 1. The molecule has 0 aromatic heterocycles. The summed E-state index contributed by atoms with van der Waals surface area (Å²) in [5.74, 6) is 0. The Kier molecular flexibility index (Phi) is 1.75. The van der Waals surface area contributed by atoms with Gasteiger partial charge in [-0.05, 0) is 22.8 Å². The van der Waals surface area contributed by atoms with Crippen LogP contribution in [0.3, 0.4) is 0 Å². The van der Waals surface area contributed by atoms with Gasteiger partial charge in [0.1, 0.15) is 4.90 Å². The minimum Gasteiger partial charge on any atom is -0.282 e. The first-order chi connectivity index (χ1) is 7.59. The number of benzene rings is 2. The van der Waals surface area contributed by atoms with E-state index in [0.717, 1.165) is 16.7 Å². The number of hydrogen-bond donors (Lipinski definition) is 1. The van der Waals surface area contributed by atoms with E-state index in [-0.39, 0.29) is 4.90 Å². The SMILES string of the molecule is O=S(=O)(O)c1cccc2c1-c1ccccc1-2. The second kappa shape index (κ2) is 2.93. The van der Waals surface area contributed by atoms with Gasteiger partial charge in [-0.2, -0.15) is 8.42 Å². The van der Waals surface area contributed by atoms with E-state index in [0.29, 0.717) is 5.56 Å². The molecule has 0 bridgehead atoms. The van der Waals surface area contributed by atoms with Crippen molar-refractivity contribution in [2.24, 2.45) is 0 Å². The predicted octanol–water partition coefficient (Wildman–Crippen LogP) is 2.58. The summed E-state index contributed by atoms with van der Waals surface area (Å²) in [5, 5.41) is 0. The first-order valence-electron chi connectivity index (χ1n) is 4.79. The Labute approximate surface area is 93.1 Å². The molecule has 0 heterocycles. The topological polar surface area (TPSA) is 54.4 Å². The van der Waals surface area contributed by atoms with Crippen LogP contribution in [0, 0.1) is 0 Å². The molecule has 0 atom stereocenters. The summed E-state index contributed by atoms with van der Waals surface area (Å²) < 4.78 is 31.5. The van der Waals surface area contributed by atoms with Crippen LogP contribution in [0.15, 0.2) is 47.4 Å². The van der Waals surface area contributed by atoms with Gasteiger partial charge >= 0.3 is 0 Å². The second-order valence-corrected chi connectivity index (χ2v) is 5.09. The van der Waals surface area contributed by atoms with E-state index in [2.05, 4.69) is 0 Å². The minimum atomic E-state index is -4.15. The summed E-state index contributed by atoms with van der Waals surface area (Å²) in [6.07, 6.45) is 0. The smallest absolute Gasteiger partial charge is 0.282 e. The quantitative estimate of drug-likeness (QED) is 0.656. The fourth-order valence-electron chi connectivity index (χ4n) is 2.12. The lowest BCUT2D eigenvalue weighted by Crippen LogP contribution is -2.07. The zero-order valence-electron chi connectivity index (χ0n) is 8.21. The first-order valence-corrected chi connectivity index (χ1v) is 6.23. The summed E-state index contributed by atoms with van der Waals surface area (Å²) in [6.45, 7) is 0. The van der Waals surface area contributed by atoms with E-state index in [4.69, 9.17) is 4.55 Å². The van der Waals surface area contributed by atoms with Crippen LogP contribution in [-0.2, 0) is 10.1 Å². The van der Waals surface area contributed by atoms with Gasteiger partial charge in [-0.1, -0.05) is 36.4 Å². The third-order valence-corrected chi connectivity index (χ3v) is 3.69. The van der Waals surface area contributed by atoms with Gasteiger partial charge < -0.3 is 0 Å². The Bertz CT molecular complexity index is 687. The molecule has 0 amide bonds. The van der Waals surface area contributed by atoms with Crippen molar-refractivity contribution < 1.29 is 13.0 Å². The standard InChI is InChI=1S/C12H8O3S/c13-16(14,15)11-7-3-6-10-8-4-1-2-5-9(8)12(10)11/h1-7H,(H,13,14,15). The van der Waals surface area contributed by atoms with Crippen molar-refractivity contribution in [2.75, 3.05) is 0 Å². The zero-order valence-corrected chi connectivity index (χ0v) is 9.03. The zero-order chi connectivity index (χ0) is 11.3. The molecule has 0 aliphatic heterocycles. The van der Waals surface area contributed by atoms with Crippen LogP contribution in [0.4, 0.5) is 0 Å². The van der Waals surface area contributed by atoms with Crippen molar-refractivity contribution >= 4 is 10.1 Å². The molecule has 0 fully saturated rings. The Morgan fingerprint density at radius 3 is 2.12 bits per heavy atom. The maximum atomic E-state index is 11.2. The summed E-state index contributed by atoms with van der Waals surface area (Å²) in [7, 11) is -4.15. The number of fused-ring (bicyclic) bond motifs is 4. The van der Waals surface area contributed by atoms with Gasteiger partial charge in [-0.25, -0.2) is 0 Å². The highest BCUT2D eigenvalue weighted by molar-refractivity contribution is 7.86. The van der Waals surface area contributed by atoms with Crippen LogP contribution >= 0.6 is 0 Å². The molecule has 1 aliphatic rings. The second-order valence-electron chi connectivity index (χ2n) is 3.70. The van der Waals surface area contributed by atoms with E-state index < -0.39 is 10.1 Å². The normalized spacial score (nSPS) is 12.6. The van der Waals surface area contributed by atoms with Crippen LogP contribution in [0.5, 0.6) is 0 Å². The highest BCUT2D eigenvalue weighted by Gasteiger charge is 2.28. The largest absolute Gasteiger partial charge is 0.295 e. The van der Waals surface area contributed by atoms with Crippen LogP contribution in [-0.4, -0.2) is 13.0 Å². The Morgan fingerprint density at radius 1 is 0.812 bits per heavy atom. The van der Waals surface area contributed by atoms with Crippen molar-refractivity contribution in [3.63, 3.8) is 0 Å². The van der Waals surface area contributed by atoms with Crippen LogP contribution in [0.1, 0.15) is 0 Å². The summed E-state index contributed by atoms with van der Waals surface area (Å²) in [5.41, 5.74) is 3.42. The molecular weight excluding hydrogens is 224 g/mol. The average molecular weight is 232 g/mol. The van der Waals surface area contributed by atoms with Crippen molar-refractivity contribution in [3.05, 3.63) is 42.5 Å². The van der Waals surface area contributed by atoms with Crippen LogP contribution < -0.4 is 0 Å². The summed E-state index contributed by atoms with van der Waals surface area (Å²) >= 11 is 0. The molecule has 3 nitrogen and oxygen atoms in total. The predicted molar refractivity (Wildman–Crippen MR) is 60.7 cm³/mol. The first kappa shape index (κ1) is 9.57. The van der Waals surface area contributed by atoms with Gasteiger partial charge in [0.25, 0.3) is 10.1 Å². The van der Waals surface area contributed by atoms with Crippen molar-refractivity contribution in [3.8, 4) is 22.3 Å². The van der Waals surface area contributed by atoms with Crippen molar-refractivity contribution in [1.82, 2.24) is 0 Å². The van der Waals surface area contributed by atoms with Crippen LogP contribution in [0.2, 0.25) is 0 Å². The van der Waals surface area contributed by atoms with Gasteiger partial charge in [-0.15, -0.1) is 0 Å². The third kappa shape index (κ3) is 1.14. The molecule has 0 unspecified atom stereocenters. The third-order valence-electron chi connectivity index (χ3n) is 2.79. The molecule has 0 spiro atoms. The fourth-order valence-corrected chi connectivity index (χ4v) is 2.85. The molecule has 16 heavy (non-hydrogen) atoms. The average Bonchev–Trinajstić information content (AvgIpc) is 2.23. The Hall–Kier alpha value is -1.65. The molecule has 80 valence electrons. The van der Waals surface area contributed by atoms with Crippen LogP contribution in [0.25, 0.3) is 22.3 Å². The minimum absolute atomic E-state index is 0.0105. The lowest BCUT2D eigenvalue weighted by Gasteiger charge is -2.25. The van der Waals surface area contributed by atoms with E-state index in [1.807, 2.05) is 30.3 Å². The molecule has 4 heteroatoms. The van der Waals surface area contributed by atoms with E-state index in [1.54, 1.807) is 6.07 Å². The van der Waals surface area contributed by atoms with E-state index in [1.165, 1.54) is 6.07 Å². The van der Waals surface area contributed by atoms with Gasteiger partial charge in [0.2, 0.25) is 0 Å². The lowest BCUT2D eigenvalue weighted by atomic mass is 9.81. The molecule has 1 N–H and O–H groups in total. The van der Waals surface area contributed by atoms with Gasteiger partial charge in [-0.3, -0.25) is 4.55 Å². The van der Waals surface area contributed by atoms with Crippen molar-refractivity contribution in [1.29, 1.82) is 0 Å². The van der Waals surface area contributed by atoms with E-state index in [9.17, 15) is 8.42 Å². The molecule has 2 aromatic rings. The lowest BCUT2D eigenvalue weighted by molar-refractivity contribution is 0.483. The molecule has 3 rings (SSSR count). The maximum Gasteiger partial charge on any atom is 0.295 e. The Balaban J connectivity index is 2.35. The molecule has 0 saturated heterocycles. The summed E-state index contributed by atoms with van der Waals surface area (Å²) in [4.78, 5) is -0.0105. The van der Waals surface area contributed by atoms with Gasteiger partial charge in [0.05, 0.1) is 0 Å². The van der Waals surface area contributed by atoms with E-state index >= 15 is 0 Å². The maximum absolute atomic E-state index is 11.2. The molecular formula is C12H8O3S. The molecule has 2 aromatic carbocycles. The van der Waals surface area contributed by atoms with Crippen molar-refractivity contribution in [2.45, 2.75) is 4.90 Å². The molecule has 0 radical (unpaired) electrons. The highest BCUT2D eigenvalue weighted by atomic mass is 32.2. The van der Waals surface area contributed by atoms with Gasteiger partial charge in [0.15, 0.2) is 0 Å². The molecule has 0 saturated carbocycles. The monoisotopic (exact) mass is 232 g/mol. The number of hydrogen-bond acceptors (Lipinski definition) is 2. The Morgan fingerprint density at radius 2 is 1.44 bits per heavy atom. The fraction of sp³-hybridized carbons (Fsp3) is 0.